The Balaban J connectivity index is 2.02. The van der Waals surface area contributed by atoms with Gasteiger partial charge in [-0.25, -0.2) is 0 Å². The Kier molecular flexibility index (Phi) is 4.11. The van der Waals surface area contributed by atoms with Gasteiger partial charge in [0.2, 0.25) is 0 Å². The molecule has 6 nitrogen and oxygen atoms in total. The molecule has 0 aromatic heterocycles. The summed E-state index contributed by atoms with van der Waals surface area (Å²) in [4.78, 5) is 10.5. The number of hydrogen-bond acceptors (Lipinski definition) is 5. The summed E-state index contributed by atoms with van der Waals surface area (Å²) in [5, 5.41) is 11.8. The zero-order valence-corrected chi connectivity index (χ0v) is 10.8. The van der Waals surface area contributed by atoms with Gasteiger partial charge in [0.05, 0.1) is 6.42 Å². The Hall–Kier alpha value is -1.95. The highest BCUT2D eigenvalue weighted by Crippen LogP contribution is 2.35. The third-order valence-electron chi connectivity index (χ3n) is 2.88. The molecule has 0 radical (unpaired) electrons. The van der Waals surface area contributed by atoms with Gasteiger partial charge in [-0.05, 0) is 18.6 Å². The predicted octanol–water partition coefficient (Wildman–Crippen LogP) is 0.980. The number of fused-ring (bicyclic) bond motifs is 1. The molecule has 2 rings (SSSR count). The van der Waals surface area contributed by atoms with E-state index in [1.165, 1.54) is 0 Å². The number of hydrogen-bond donors (Lipinski definition) is 3. The van der Waals surface area contributed by atoms with E-state index in [1.54, 1.807) is 0 Å². The van der Waals surface area contributed by atoms with Gasteiger partial charge in [0.1, 0.15) is 13.2 Å². The summed E-state index contributed by atoms with van der Waals surface area (Å²) in [5.74, 6) is 0.545. The highest BCUT2D eigenvalue weighted by molar-refractivity contribution is 5.67. The van der Waals surface area contributed by atoms with E-state index in [9.17, 15) is 4.79 Å². The van der Waals surface area contributed by atoms with Crippen molar-refractivity contribution in [2.75, 3.05) is 25.1 Å². The molecule has 0 saturated heterocycles. The maximum Gasteiger partial charge on any atom is 0.304 e. The lowest BCUT2D eigenvalue weighted by Crippen LogP contribution is -2.31. The van der Waals surface area contributed by atoms with Gasteiger partial charge >= 0.3 is 5.97 Å². The maximum absolute atomic E-state index is 10.5. The summed E-state index contributed by atoms with van der Waals surface area (Å²) in [6.45, 7) is 3.44. The van der Waals surface area contributed by atoms with Crippen LogP contribution in [0.25, 0.3) is 0 Å². The molecule has 0 aliphatic carbocycles. The Labute approximate surface area is 111 Å². The van der Waals surface area contributed by atoms with E-state index in [0.717, 1.165) is 17.0 Å². The molecule has 1 aromatic rings. The number of aryl methyl sites for hydroxylation is 1. The number of anilines is 1. The number of aliphatic carboxylic acids is 1. The third kappa shape index (κ3) is 3.51. The van der Waals surface area contributed by atoms with Crippen molar-refractivity contribution in [1.82, 2.24) is 0 Å². The van der Waals surface area contributed by atoms with Crippen molar-refractivity contribution in [3.8, 4) is 11.5 Å². The first-order chi connectivity index (χ1) is 9.06. The second kappa shape index (κ2) is 5.79. The van der Waals surface area contributed by atoms with E-state index in [0.29, 0.717) is 25.5 Å². The Bertz CT molecular complexity index is 476. The highest BCUT2D eigenvalue weighted by atomic mass is 16.6. The van der Waals surface area contributed by atoms with Crippen LogP contribution < -0.4 is 20.5 Å². The van der Waals surface area contributed by atoms with Crippen molar-refractivity contribution in [2.24, 2.45) is 5.73 Å². The molecule has 0 saturated carbocycles. The molecule has 1 unspecified atom stereocenters. The molecule has 1 heterocycles. The molecule has 104 valence electrons. The fourth-order valence-corrected chi connectivity index (χ4v) is 1.92. The zero-order chi connectivity index (χ0) is 13.8. The van der Waals surface area contributed by atoms with Crippen LogP contribution in [0.15, 0.2) is 12.1 Å². The molecular formula is C13H18N2O4. The lowest BCUT2D eigenvalue weighted by molar-refractivity contribution is -0.137. The Morgan fingerprint density at radius 2 is 2.05 bits per heavy atom. The SMILES string of the molecule is Cc1cc2c(cc1NCC(N)CC(=O)O)OCCO2. The number of carbonyl (C=O) groups is 1. The summed E-state index contributed by atoms with van der Waals surface area (Å²) in [6, 6.07) is 3.33. The predicted molar refractivity (Wildman–Crippen MR) is 70.9 cm³/mol. The summed E-state index contributed by atoms with van der Waals surface area (Å²) in [7, 11) is 0. The van der Waals surface area contributed by atoms with Gasteiger partial charge in [0, 0.05) is 24.3 Å². The number of nitrogens with two attached hydrogens (primary N) is 1. The standard InChI is InChI=1S/C13H18N2O4/c1-8-4-11-12(19-3-2-18-11)6-10(8)15-7-9(14)5-13(16)17/h4,6,9,15H,2-3,5,7,14H2,1H3,(H,16,17). The van der Waals surface area contributed by atoms with Crippen LogP contribution in [0.1, 0.15) is 12.0 Å². The smallest absolute Gasteiger partial charge is 0.304 e. The van der Waals surface area contributed by atoms with Crippen molar-refractivity contribution in [3.05, 3.63) is 17.7 Å². The van der Waals surface area contributed by atoms with Crippen LogP contribution in [0.5, 0.6) is 11.5 Å². The number of benzene rings is 1. The van der Waals surface area contributed by atoms with E-state index in [-0.39, 0.29) is 6.42 Å². The summed E-state index contributed by atoms with van der Waals surface area (Å²) in [6.07, 6.45) is -0.0589. The van der Waals surface area contributed by atoms with Crippen LogP contribution in [0.2, 0.25) is 0 Å². The molecule has 6 heteroatoms. The molecular weight excluding hydrogens is 248 g/mol. The van der Waals surface area contributed by atoms with Crippen LogP contribution in [0, 0.1) is 6.92 Å². The minimum absolute atomic E-state index is 0.0589. The highest BCUT2D eigenvalue weighted by Gasteiger charge is 2.15. The molecule has 1 aliphatic heterocycles. The average molecular weight is 266 g/mol. The number of rotatable bonds is 5. The molecule has 4 N–H and O–H groups in total. The van der Waals surface area contributed by atoms with Gasteiger partial charge in [0.25, 0.3) is 0 Å². The van der Waals surface area contributed by atoms with E-state index in [2.05, 4.69) is 5.32 Å². The number of nitrogens with one attached hydrogen (secondary N) is 1. The van der Waals surface area contributed by atoms with Crippen molar-refractivity contribution in [3.63, 3.8) is 0 Å². The molecule has 19 heavy (non-hydrogen) atoms. The molecule has 0 spiro atoms. The van der Waals surface area contributed by atoms with Crippen LogP contribution in [0.4, 0.5) is 5.69 Å². The topological polar surface area (TPSA) is 93.8 Å². The lowest BCUT2D eigenvalue weighted by atomic mass is 10.1. The van der Waals surface area contributed by atoms with E-state index < -0.39 is 12.0 Å². The van der Waals surface area contributed by atoms with Gasteiger partial charge in [-0.2, -0.15) is 0 Å². The lowest BCUT2D eigenvalue weighted by Gasteiger charge is -2.21. The van der Waals surface area contributed by atoms with Gasteiger partial charge in [-0.3, -0.25) is 4.79 Å². The summed E-state index contributed by atoms with van der Waals surface area (Å²) in [5.41, 5.74) is 7.60. The quantitative estimate of drug-likeness (QED) is 0.735. The largest absolute Gasteiger partial charge is 0.486 e. The Morgan fingerprint density at radius 3 is 2.68 bits per heavy atom. The van der Waals surface area contributed by atoms with Crippen molar-refractivity contribution >= 4 is 11.7 Å². The van der Waals surface area contributed by atoms with Crippen molar-refractivity contribution in [1.29, 1.82) is 0 Å². The maximum atomic E-state index is 10.5. The van der Waals surface area contributed by atoms with Crippen LogP contribution in [-0.4, -0.2) is 36.9 Å². The minimum atomic E-state index is -0.895. The number of carboxylic acid groups (broad SMARTS) is 1. The number of ether oxygens (including phenoxy) is 2. The van der Waals surface area contributed by atoms with Gasteiger partial charge in [0.15, 0.2) is 11.5 Å². The van der Waals surface area contributed by atoms with Gasteiger partial charge < -0.3 is 25.6 Å². The first-order valence-corrected chi connectivity index (χ1v) is 6.17. The number of carboxylic acids is 1. The summed E-state index contributed by atoms with van der Waals surface area (Å²) < 4.78 is 11.0. The van der Waals surface area contributed by atoms with Crippen molar-refractivity contribution in [2.45, 2.75) is 19.4 Å². The van der Waals surface area contributed by atoms with Crippen LogP contribution >= 0.6 is 0 Å². The molecule has 1 aromatic carbocycles. The normalized spacial score (nSPS) is 14.8. The molecule has 0 fully saturated rings. The average Bonchev–Trinajstić information content (AvgIpc) is 2.35. The van der Waals surface area contributed by atoms with Gasteiger partial charge in [-0.15, -0.1) is 0 Å². The molecule has 0 amide bonds. The Morgan fingerprint density at radius 1 is 1.42 bits per heavy atom. The van der Waals surface area contributed by atoms with E-state index in [1.807, 2.05) is 19.1 Å². The summed E-state index contributed by atoms with van der Waals surface area (Å²) >= 11 is 0. The first kappa shape index (κ1) is 13.5. The fourth-order valence-electron chi connectivity index (χ4n) is 1.92. The first-order valence-electron chi connectivity index (χ1n) is 6.17. The fraction of sp³-hybridized carbons (Fsp3) is 0.462. The monoisotopic (exact) mass is 266 g/mol. The third-order valence-corrected chi connectivity index (χ3v) is 2.88. The molecule has 1 aliphatic rings. The van der Waals surface area contributed by atoms with Crippen molar-refractivity contribution < 1.29 is 19.4 Å². The molecule has 1 atom stereocenters. The molecule has 0 bridgehead atoms. The van der Waals surface area contributed by atoms with Crippen LogP contribution in [-0.2, 0) is 4.79 Å². The minimum Gasteiger partial charge on any atom is -0.486 e. The zero-order valence-electron chi connectivity index (χ0n) is 10.8. The van der Waals surface area contributed by atoms with E-state index >= 15 is 0 Å². The van der Waals surface area contributed by atoms with E-state index in [4.69, 9.17) is 20.3 Å². The second-order valence-corrected chi connectivity index (χ2v) is 4.55. The second-order valence-electron chi connectivity index (χ2n) is 4.55. The van der Waals surface area contributed by atoms with Gasteiger partial charge in [-0.1, -0.05) is 0 Å². The van der Waals surface area contributed by atoms with Crippen LogP contribution in [0.3, 0.4) is 0 Å².